The molecule has 1 unspecified atom stereocenters. The number of amides is 1. The summed E-state index contributed by atoms with van der Waals surface area (Å²) in [4.78, 5) is 27.8. The van der Waals surface area contributed by atoms with Gasteiger partial charge in [-0.2, -0.15) is 4.99 Å². The Labute approximate surface area is 202 Å². The van der Waals surface area contributed by atoms with Gasteiger partial charge < -0.3 is 35.1 Å². The van der Waals surface area contributed by atoms with E-state index in [1.807, 2.05) is 0 Å². The quantitative estimate of drug-likeness (QED) is 0.285. The molecular weight excluding hydrogens is 461 g/mol. The fourth-order valence-corrected chi connectivity index (χ4v) is 2.94. The van der Waals surface area contributed by atoms with Crippen LogP contribution < -0.4 is 20.5 Å². The first-order valence-corrected chi connectivity index (χ1v) is 11.1. The summed E-state index contributed by atoms with van der Waals surface area (Å²) in [6, 6.07) is 7.86. The largest absolute Gasteiger partial charge is 0.490 e. The fraction of sp³-hybridized carbons (Fsp3) is 0.375. The van der Waals surface area contributed by atoms with Crippen LogP contribution in [0.3, 0.4) is 0 Å². The summed E-state index contributed by atoms with van der Waals surface area (Å²) in [6.07, 6.45) is 0.567. The van der Waals surface area contributed by atoms with Crippen LogP contribution in [-0.4, -0.2) is 63.0 Å². The third-order valence-electron chi connectivity index (χ3n) is 4.43. The molecule has 0 saturated carbocycles. The van der Waals surface area contributed by atoms with Gasteiger partial charge >= 0.3 is 12.1 Å². The smallest absolute Gasteiger partial charge is 0.433 e. The number of halogens is 1. The van der Waals surface area contributed by atoms with E-state index in [-0.39, 0.29) is 56.6 Å². The molecule has 35 heavy (non-hydrogen) atoms. The Hall–Kier alpha value is -3.70. The van der Waals surface area contributed by atoms with Gasteiger partial charge in [0.2, 0.25) is 0 Å². The highest BCUT2D eigenvalue weighted by atomic mass is 19.1. The van der Waals surface area contributed by atoms with E-state index in [0.29, 0.717) is 11.3 Å². The highest BCUT2D eigenvalue weighted by molar-refractivity contribution is 5.89. The molecule has 0 bridgehead atoms. The lowest BCUT2D eigenvalue weighted by molar-refractivity contribution is -0.144. The molecule has 0 aliphatic carbocycles. The Morgan fingerprint density at radius 1 is 1.09 bits per heavy atom. The number of rotatable bonds is 13. The number of ether oxygens (including phenoxy) is 4. The van der Waals surface area contributed by atoms with Gasteiger partial charge in [-0.25, -0.2) is 14.0 Å². The van der Waals surface area contributed by atoms with Crippen LogP contribution >= 0.6 is 0 Å². The van der Waals surface area contributed by atoms with Gasteiger partial charge in [0.1, 0.15) is 19.0 Å². The number of benzene rings is 2. The fourth-order valence-electron chi connectivity index (χ4n) is 2.94. The van der Waals surface area contributed by atoms with Crippen molar-refractivity contribution in [1.82, 2.24) is 0 Å². The third-order valence-corrected chi connectivity index (χ3v) is 4.43. The molecule has 0 fully saturated rings. The van der Waals surface area contributed by atoms with Gasteiger partial charge in [-0.1, -0.05) is 12.1 Å². The van der Waals surface area contributed by atoms with E-state index in [1.165, 1.54) is 12.3 Å². The van der Waals surface area contributed by atoms with Crippen LogP contribution in [0, 0.1) is 5.82 Å². The highest BCUT2D eigenvalue weighted by Gasteiger charge is 2.27. The summed E-state index contributed by atoms with van der Waals surface area (Å²) < 4.78 is 35.9. The summed E-state index contributed by atoms with van der Waals surface area (Å²) in [5.74, 6) is -1.07. The first-order valence-electron chi connectivity index (χ1n) is 11.1. The zero-order valence-electron chi connectivity index (χ0n) is 19.7. The second-order valence-corrected chi connectivity index (χ2v) is 6.94. The number of aliphatic hydroxyl groups is 1. The molecule has 10 nitrogen and oxygen atoms in total. The molecule has 0 radical (unpaired) electrons. The number of aliphatic hydroxyl groups excluding tert-OH is 1. The average Bonchev–Trinajstić information content (AvgIpc) is 2.85. The van der Waals surface area contributed by atoms with E-state index in [0.717, 1.165) is 6.07 Å². The van der Waals surface area contributed by atoms with Crippen molar-refractivity contribution in [2.45, 2.75) is 19.9 Å². The van der Waals surface area contributed by atoms with Crippen molar-refractivity contribution < 1.29 is 38.0 Å². The van der Waals surface area contributed by atoms with E-state index in [2.05, 4.69) is 10.3 Å². The van der Waals surface area contributed by atoms with Crippen molar-refractivity contribution in [3.05, 3.63) is 53.3 Å². The molecule has 2 aromatic rings. The van der Waals surface area contributed by atoms with Crippen molar-refractivity contribution in [2.75, 3.05) is 44.9 Å². The summed E-state index contributed by atoms with van der Waals surface area (Å²) in [5, 5.41) is 12.0. The van der Waals surface area contributed by atoms with Crippen molar-refractivity contribution in [2.24, 2.45) is 10.7 Å². The number of carbonyl (C=O) groups excluding carboxylic acids is 2. The number of nitrogens with one attached hydrogen (secondary N) is 1. The summed E-state index contributed by atoms with van der Waals surface area (Å²) in [5.41, 5.74) is 6.35. The lowest BCUT2D eigenvalue weighted by Crippen LogP contribution is -2.24. The lowest BCUT2D eigenvalue weighted by Gasteiger charge is -2.21. The number of carbonyl (C=O) groups is 2. The van der Waals surface area contributed by atoms with Crippen molar-refractivity contribution in [3.63, 3.8) is 0 Å². The van der Waals surface area contributed by atoms with E-state index >= 15 is 4.39 Å². The molecular formula is C24H30FN3O7. The first-order chi connectivity index (χ1) is 16.9. The van der Waals surface area contributed by atoms with Crippen LogP contribution in [0.5, 0.6) is 11.5 Å². The Morgan fingerprint density at radius 2 is 1.80 bits per heavy atom. The normalized spacial score (nSPS) is 11.7. The van der Waals surface area contributed by atoms with Crippen molar-refractivity contribution in [3.8, 4) is 11.5 Å². The minimum atomic E-state index is -1.19. The molecule has 0 heterocycles. The molecule has 11 heteroatoms. The second-order valence-electron chi connectivity index (χ2n) is 6.94. The summed E-state index contributed by atoms with van der Waals surface area (Å²) >= 11 is 0. The maximum Gasteiger partial charge on any atom is 0.433 e. The standard InChI is InChI=1S/C24H30FN3O7/c1-3-32-20-13-18(19(25)14-21(20)34-12-10-29)22(23(30)33-4-2)28-17-7-5-16(6-8-17)15-27-24(31)35-11-9-26/h5-8,13-15,22,28-29H,3-4,9-12,26H2,1-2H3. The molecule has 0 aromatic heterocycles. The summed E-state index contributed by atoms with van der Waals surface area (Å²) in [7, 11) is 0. The lowest BCUT2D eigenvalue weighted by atomic mass is 10.0. The molecule has 1 atom stereocenters. The number of aliphatic imine (C=N–C) groups is 1. The average molecular weight is 492 g/mol. The van der Waals surface area contributed by atoms with Crippen LogP contribution in [0.4, 0.5) is 14.9 Å². The predicted molar refractivity (Wildman–Crippen MR) is 128 cm³/mol. The maximum atomic E-state index is 15.1. The molecule has 4 N–H and O–H groups in total. The molecule has 0 saturated heterocycles. The molecule has 1 amide bonds. The maximum absolute atomic E-state index is 15.1. The van der Waals surface area contributed by atoms with Crippen LogP contribution in [-0.2, 0) is 14.3 Å². The monoisotopic (exact) mass is 491 g/mol. The van der Waals surface area contributed by atoms with Crippen molar-refractivity contribution in [1.29, 1.82) is 0 Å². The second kappa shape index (κ2) is 14.5. The topological polar surface area (TPSA) is 142 Å². The minimum Gasteiger partial charge on any atom is -0.490 e. The number of nitrogens with zero attached hydrogens (tertiary/aromatic N) is 1. The molecule has 2 aromatic carbocycles. The summed E-state index contributed by atoms with van der Waals surface area (Å²) in [6.45, 7) is 3.76. The van der Waals surface area contributed by atoms with Crippen LogP contribution in [0.2, 0.25) is 0 Å². The van der Waals surface area contributed by atoms with E-state index in [4.69, 9.17) is 29.8 Å². The SMILES string of the molecule is CCOC(=O)C(Nc1ccc(C=NC(=O)OCCN)cc1)c1cc(OCC)c(OCCO)cc1F. The number of nitrogens with two attached hydrogens (primary N) is 1. The molecule has 190 valence electrons. The van der Waals surface area contributed by atoms with Gasteiger partial charge in [0.15, 0.2) is 17.5 Å². The minimum absolute atomic E-state index is 0.00321. The Kier molecular flexibility index (Phi) is 11.4. The number of hydrogen-bond acceptors (Lipinski definition) is 9. The van der Waals surface area contributed by atoms with Crippen LogP contribution in [0.15, 0.2) is 41.4 Å². The van der Waals surface area contributed by atoms with Crippen LogP contribution in [0.25, 0.3) is 0 Å². The Bertz CT molecular complexity index is 999. The van der Waals surface area contributed by atoms with Crippen LogP contribution in [0.1, 0.15) is 31.0 Å². The van der Waals surface area contributed by atoms with E-state index in [9.17, 15) is 9.59 Å². The molecule has 0 spiro atoms. The van der Waals surface area contributed by atoms with Gasteiger partial charge in [0.25, 0.3) is 0 Å². The van der Waals surface area contributed by atoms with Gasteiger partial charge in [-0.3, -0.25) is 0 Å². The predicted octanol–water partition coefficient (Wildman–Crippen LogP) is 2.83. The van der Waals surface area contributed by atoms with Gasteiger partial charge in [-0.05, 0) is 37.6 Å². The van der Waals surface area contributed by atoms with Gasteiger partial charge in [0.05, 0.1) is 19.8 Å². The first kappa shape index (κ1) is 27.5. The Morgan fingerprint density at radius 3 is 2.43 bits per heavy atom. The van der Waals surface area contributed by atoms with Crippen molar-refractivity contribution >= 4 is 24.0 Å². The number of esters is 1. The van der Waals surface area contributed by atoms with Gasteiger partial charge in [0, 0.05) is 30.1 Å². The molecule has 0 aliphatic heterocycles. The Balaban J connectivity index is 2.29. The zero-order chi connectivity index (χ0) is 25.6. The zero-order valence-corrected chi connectivity index (χ0v) is 19.7. The van der Waals surface area contributed by atoms with E-state index < -0.39 is 23.9 Å². The van der Waals surface area contributed by atoms with Gasteiger partial charge in [-0.15, -0.1) is 0 Å². The highest BCUT2D eigenvalue weighted by Crippen LogP contribution is 2.34. The number of hydrogen-bond donors (Lipinski definition) is 3. The molecule has 0 aliphatic rings. The molecule has 2 rings (SSSR count). The van der Waals surface area contributed by atoms with E-state index in [1.54, 1.807) is 38.1 Å². The third kappa shape index (κ3) is 8.54. The number of anilines is 1.